The minimum atomic E-state index is -0.0400. The molecule has 2 rings (SSSR count). The number of amides is 1. The molecule has 112 valence electrons. The van der Waals surface area contributed by atoms with Crippen molar-refractivity contribution in [3.63, 3.8) is 0 Å². The fourth-order valence-electron chi connectivity index (χ4n) is 1.72. The zero-order chi connectivity index (χ0) is 15.1. The van der Waals surface area contributed by atoms with Crippen LogP contribution in [0.2, 0.25) is 0 Å². The lowest BCUT2D eigenvalue weighted by Gasteiger charge is -2.08. The van der Waals surface area contributed by atoms with Crippen LogP contribution < -0.4 is 5.32 Å². The number of aromatic nitrogens is 2. The Hall–Kier alpha value is -1.79. The molecule has 1 aromatic carbocycles. The zero-order valence-electron chi connectivity index (χ0n) is 12.2. The normalized spacial score (nSPS) is 10.8. The summed E-state index contributed by atoms with van der Waals surface area (Å²) in [6.45, 7) is 5.30. The number of hydrogen-bond acceptors (Lipinski definition) is 5. The standard InChI is InChI=1S/C15H19N3O2S/c1-11(2)9-20-8-7-15(19)16-13-5-3-12(4-6-13)14-10-21-18-17-14/h3-6,10-11H,7-9H2,1-2H3,(H,16,19). The first-order valence-corrected chi connectivity index (χ1v) is 7.74. The number of nitrogens with one attached hydrogen (secondary N) is 1. The topological polar surface area (TPSA) is 64.1 Å². The number of hydrogen-bond donors (Lipinski definition) is 1. The van der Waals surface area contributed by atoms with Gasteiger partial charge in [0.05, 0.1) is 13.0 Å². The summed E-state index contributed by atoms with van der Waals surface area (Å²) in [4.78, 5) is 11.8. The second kappa shape index (κ2) is 7.85. The van der Waals surface area contributed by atoms with E-state index in [1.165, 1.54) is 11.5 Å². The molecular weight excluding hydrogens is 286 g/mol. The van der Waals surface area contributed by atoms with Gasteiger partial charge in [-0.2, -0.15) is 0 Å². The number of carbonyl (C=O) groups excluding carboxylic acids is 1. The van der Waals surface area contributed by atoms with Gasteiger partial charge in [-0.3, -0.25) is 4.79 Å². The number of rotatable bonds is 7. The van der Waals surface area contributed by atoms with Crippen LogP contribution in [0.3, 0.4) is 0 Å². The van der Waals surface area contributed by atoms with Crippen molar-refractivity contribution in [3.05, 3.63) is 29.6 Å². The van der Waals surface area contributed by atoms with E-state index in [1.807, 2.05) is 29.6 Å². The number of anilines is 1. The largest absolute Gasteiger partial charge is 0.381 e. The highest BCUT2D eigenvalue weighted by Gasteiger charge is 2.05. The van der Waals surface area contributed by atoms with Crippen molar-refractivity contribution in [3.8, 4) is 11.3 Å². The number of ether oxygens (including phenoxy) is 1. The van der Waals surface area contributed by atoms with E-state index < -0.39 is 0 Å². The third-order valence-corrected chi connectivity index (χ3v) is 3.25. The molecule has 0 aliphatic rings. The monoisotopic (exact) mass is 305 g/mol. The smallest absolute Gasteiger partial charge is 0.226 e. The maximum absolute atomic E-state index is 11.8. The molecule has 0 radical (unpaired) electrons. The van der Waals surface area contributed by atoms with Crippen LogP contribution in [0.15, 0.2) is 29.6 Å². The van der Waals surface area contributed by atoms with Gasteiger partial charge in [0.1, 0.15) is 5.69 Å². The van der Waals surface area contributed by atoms with Crippen LogP contribution in [-0.4, -0.2) is 28.7 Å². The second-order valence-electron chi connectivity index (χ2n) is 5.13. The molecule has 0 atom stereocenters. The van der Waals surface area contributed by atoms with E-state index in [9.17, 15) is 4.79 Å². The Morgan fingerprint density at radius 1 is 1.33 bits per heavy atom. The summed E-state index contributed by atoms with van der Waals surface area (Å²) in [7, 11) is 0. The number of nitrogens with zero attached hydrogens (tertiary/aromatic N) is 2. The molecule has 1 N–H and O–H groups in total. The van der Waals surface area contributed by atoms with Gasteiger partial charge >= 0.3 is 0 Å². The zero-order valence-corrected chi connectivity index (χ0v) is 13.0. The van der Waals surface area contributed by atoms with E-state index in [2.05, 4.69) is 28.8 Å². The molecule has 0 aliphatic heterocycles. The van der Waals surface area contributed by atoms with Crippen molar-refractivity contribution in [1.29, 1.82) is 0 Å². The van der Waals surface area contributed by atoms with Crippen molar-refractivity contribution in [2.75, 3.05) is 18.5 Å². The maximum Gasteiger partial charge on any atom is 0.226 e. The highest BCUT2D eigenvalue weighted by atomic mass is 32.1. The molecule has 0 saturated heterocycles. The minimum absolute atomic E-state index is 0.0400. The second-order valence-corrected chi connectivity index (χ2v) is 5.74. The molecule has 0 fully saturated rings. The van der Waals surface area contributed by atoms with Gasteiger partial charge in [-0.15, -0.1) is 5.10 Å². The fraction of sp³-hybridized carbons (Fsp3) is 0.400. The van der Waals surface area contributed by atoms with E-state index in [1.54, 1.807) is 0 Å². The first-order valence-electron chi connectivity index (χ1n) is 6.90. The lowest BCUT2D eigenvalue weighted by atomic mass is 10.1. The molecule has 0 unspecified atom stereocenters. The third kappa shape index (κ3) is 5.24. The van der Waals surface area contributed by atoms with Crippen molar-refractivity contribution in [1.82, 2.24) is 9.59 Å². The van der Waals surface area contributed by atoms with E-state index in [-0.39, 0.29) is 5.91 Å². The quantitative estimate of drug-likeness (QED) is 0.798. The van der Waals surface area contributed by atoms with Crippen LogP contribution >= 0.6 is 11.5 Å². The van der Waals surface area contributed by atoms with Gasteiger partial charge in [0, 0.05) is 23.2 Å². The van der Waals surface area contributed by atoms with Gasteiger partial charge in [-0.05, 0) is 29.6 Å². The van der Waals surface area contributed by atoms with Gasteiger partial charge in [0.25, 0.3) is 0 Å². The Morgan fingerprint density at radius 3 is 2.71 bits per heavy atom. The Balaban J connectivity index is 1.79. The first-order chi connectivity index (χ1) is 10.1. The molecule has 2 aromatic rings. The van der Waals surface area contributed by atoms with Gasteiger partial charge in [0.15, 0.2) is 0 Å². The average Bonchev–Trinajstić information content (AvgIpc) is 2.98. The lowest BCUT2D eigenvalue weighted by Crippen LogP contribution is -2.15. The SMILES string of the molecule is CC(C)COCCC(=O)Nc1ccc(-c2csnn2)cc1. The summed E-state index contributed by atoms with van der Waals surface area (Å²) in [5, 5.41) is 8.74. The van der Waals surface area contributed by atoms with E-state index in [0.29, 0.717) is 25.6 Å². The average molecular weight is 305 g/mol. The molecule has 0 saturated carbocycles. The third-order valence-electron chi connectivity index (χ3n) is 2.75. The van der Waals surface area contributed by atoms with Gasteiger partial charge in [-0.1, -0.05) is 30.5 Å². The minimum Gasteiger partial charge on any atom is -0.381 e. The van der Waals surface area contributed by atoms with Crippen molar-refractivity contribution < 1.29 is 9.53 Å². The van der Waals surface area contributed by atoms with Crippen molar-refractivity contribution in [2.45, 2.75) is 20.3 Å². The van der Waals surface area contributed by atoms with Gasteiger partial charge < -0.3 is 10.1 Å². The highest BCUT2D eigenvalue weighted by Crippen LogP contribution is 2.20. The molecule has 21 heavy (non-hydrogen) atoms. The molecule has 5 nitrogen and oxygen atoms in total. The predicted molar refractivity (Wildman–Crippen MR) is 84.2 cm³/mol. The lowest BCUT2D eigenvalue weighted by molar-refractivity contribution is -0.117. The Labute approximate surface area is 128 Å². The van der Waals surface area contributed by atoms with Gasteiger partial charge in [0.2, 0.25) is 5.91 Å². The molecule has 1 aromatic heterocycles. The number of benzene rings is 1. The summed E-state index contributed by atoms with van der Waals surface area (Å²) < 4.78 is 9.23. The summed E-state index contributed by atoms with van der Waals surface area (Å²) in [6.07, 6.45) is 0.366. The Kier molecular flexibility index (Phi) is 5.83. The van der Waals surface area contributed by atoms with E-state index in [4.69, 9.17) is 4.74 Å². The first kappa shape index (κ1) is 15.6. The summed E-state index contributed by atoms with van der Waals surface area (Å²) in [6, 6.07) is 7.56. The number of carbonyl (C=O) groups is 1. The summed E-state index contributed by atoms with van der Waals surface area (Å²) >= 11 is 1.32. The summed E-state index contributed by atoms with van der Waals surface area (Å²) in [5.41, 5.74) is 2.61. The summed E-state index contributed by atoms with van der Waals surface area (Å²) in [5.74, 6) is 0.447. The molecule has 1 amide bonds. The fourth-order valence-corrected chi connectivity index (χ4v) is 2.19. The molecule has 6 heteroatoms. The molecular formula is C15H19N3O2S. The van der Waals surface area contributed by atoms with E-state index >= 15 is 0 Å². The molecule has 0 spiro atoms. The van der Waals surface area contributed by atoms with Crippen molar-refractivity contribution >= 4 is 23.1 Å². The van der Waals surface area contributed by atoms with Crippen LogP contribution in [0.5, 0.6) is 0 Å². The maximum atomic E-state index is 11.8. The predicted octanol–water partition coefficient (Wildman–Crippen LogP) is 3.21. The van der Waals surface area contributed by atoms with Gasteiger partial charge in [-0.25, -0.2) is 0 Å². The van der Waals surface area contributed by atoms with Crippen LogP contribution in [0, 0.1) is 5.92 Å². The Morgan fingerprint density at radius 2 is 2.10 bits per heavy atom. The molecule has 1 heterocycles. The van der Waals surface area contributed by atoms with Crippen LogP contribution in [0.25, 0.3) is 11.3 Å². The van der Waals surface area contributed by atoms with Crippen LogP contribution in [0.1, 0.15) is 20.3 Å². The Bertz CT molecular complexity index is 553. The highest BCUT2D eigenvalue weighted by molar-refractivity contribution is 7.03. The van der Waals surface area contributed by atoms with Crippen LogP contribution in [-0.2, 0) is 9.53 Å². The van der Waals surface area contributed by atoms with Crippen LogP contribution in [0.4, 0.5) is 5.69 Å². The van der Waals surface area contributed by atoms with Crippen molar-refractivity contribution in [2.24, 2.45) is 5.92 Å². The van der Waals surface area contributed by atoms with E-state index in [0.717, 1.165) is 16.9 Å². The molecule has 0 aliphatic carbocycles. The molecule has 0 bridgehead atoms.